The molecule has 2 aromatic rings. The molecule has 1 heterocycles. The Hall–Kier alpha value is -2.25. The van der Waals surface area contributed by atoms with Crippen LogP contribution in [-0.4, -0.2) is 33.2 Å². The molecule has 138 valence electrons. The first-order valence-electron chi connectivity index (χ1n) is 8.05. The molecule has 6 nitrogen and oxygen atoms in total. The normalized spacial score (nSPS) is 17.8. The summed E-state index contributed by atoms with van der Waals surface area (Å²) in [5.41, 5.74) is 1.28. The van der Waals surface area contributed by atoms with Gasteiger partial charge in [0, 0.05) is 5.02 Å². The van der Waals surface area contributed by atoms with Crippen molar-refractivity contribution in [3.63, 3.8) is 0 Å². The van der Waals surface area contributed by atoms with Crippen LogP contribution in [0, 0.1) is 0 Å². The Balaban J connectivity index is 1.83. The molecule has 0 aliphatic carbocycles. The topological polar surface area (TPSA) is 75.7 Å². The van der Waals surface area contributed by atoms with Gasteiger partial charge in [-0.15, -0.1) is 0 Å². The van der Waals surface area contributed by atoms with Crippen molar-refractivity contribution >= 4 is 33.2 Å². The zero-order chi connectivity index (χ0) is 18.9. The molecular weight excluding hydrogens is 376 g/mol. The summed E-state index contributed by atoms with van der Waals surface area (Å²) >= 11 is 5.97. The minimum absolute atomic E-state index is 0.112. The largest absolute Gasteiger partial charge is 0.476 e. The van der Waals surface area contributed by atoms with Gasteiger partial charge >= 0.3 is 0 Å². The van der Waals surface area contributed by atoms with E-state index in [1.54, 1.807) is 12.1 Å². The fourth-order valence-electron chi connectivity index (χ4n) is 2.81. The predicted octanol–water partition coefficient (Wildman–Crippen LogP) is 2.74. The van der Waals surface area contributed by atoms with E-state index >= 15 is 0 Å². The molecule has 0 fully saturated rings. The van der Waals surface area contributed by atoms with Crippen LogP contribution in [-0.2, 0) is 14.8 Å². The van der Waals surface area contributed by atoms with Crippen molar-refractivity contribution in [3.8, 4) is 5.75 Å². The molecular formula is C18H19ClN2O4S. The number of sulfonamides is 1. The Bertz CT molecular complexity index is 918. The number of carbonyl (C=O) groups is 1. The molecule has 0 aromatic heterocycles. The summed E-state index contributed by atoms with van der Waals surface area (Å²) in [4.78, 5) is 12.6. The number of fused-ring (bicyclic) bond motifs is 1. The van der Waals surface area contributed by atoms with Crippen molar-refractivity contribution in [2.45, 2.75) is 19.1 Å². The first-order chi connectivity index (χ1) is 12.3. The zero-order valence-corrected chi connectivity index (χ0v) is 15.9. The van der Waals surface area contributed by atoms with Crippen LogP contribution >= 0.6 is 11.6 Å². The van der Waals surface area contributed by atoms with Gasteiger partial charge in [-0.3, -0.25) is 9.10 Å². The van der Waals surface area contributed by atoms with Gasteiger partial charge in [-0.05, 0) is 30.7 Å². The quantitative estimate of drug-likeness (QED) is 0.865. The molecule has 26 heavy (non-hydrogen) atoms. The zero-order valence-electron chi connectivity index (χ0n) is 14.3. The van der Waals surface area contributed by atoms with E-state index in [0.29, 0.717) is 16.5 Å². The maximum absolute atomic E-state index is 12.6. The van der Waals surface area contributed by atoms with Crippen molar-refractivity contribution in [2.24, 2.45) is 0 Å². The van der Waals surface area contributed by atoms with Gasteiger partial charge in [-0.1, -0.05) is 41.9 Å². The third-order valence-electron chi connectivity index (χ3n) is 4.14. The summed E-state index contributed by atoms with van der Waals surface area (Å²) in [6.07, 6.45) is 0.134. The number of ether oxygens (including phenoxy) is 1. The summed E-state index contributed by atoms with van der Waals surface area (Å²) in [6.45, 7) is 1.75. The van der Waals surface area contributed by atoms with Crippen LogP contribution in [0.2, 0.25) is 5.02 Å². The number of hydrogen-bond acceptors (Lipinski definition) is 4. The number of carbonyl (C=O) groups excluding carboxylic acids is 1. The Labute approximate surface area is 157 Å². The monoisotopic (exact) mass is 394 g/mol. The van der Waals surface area contributed by atoms with Gasteiger partial charge in [-0.2, -0.15) is 0 Å². The van der Waals surface area contributed by atoms with Crippen LogP contribution in [0.1, 0.15) is 18.5 Å². The predicted molar refractivity (Wildman–Crippen MR) is 101 cm³/mol. The lowest BCUT2D eigenvalue weighted by Gasteiger charge is -2.34. The molecule has 0 bridgehead atoms. The molecule has 0 spiro atoms. The molecule has 0 unspecified atom stereocenters. The van der Waals surface area contributed by atoms with E-state index in [2.05, 4.69) is 5.32 Å². The maximum Gasteiger partial charge on any atom is 0.263 e. The SMILES string of the molecule is C[C@@H](NC(=O)[C@H]1CN(S(C)(=O)=O)c2cc(Cl)ccc2O1)c1ccccc1. The average molecular weight is 395 g/mol. The average Bonchev–Trinajstić information content (AvgIpc) is 2.60. The molecule has 0 saturated heterocycles. The first kappa shape index (κ1) is 18.5. The number of rotatable bonds is 4. The van der Waals surface area contributed by atoms with E-state index in [4.69, 9.17) is 16.3 Å². The number of anilines is 1. The third kappa shape index (κ3) is 3.94. The molecule has 3 rings (SSSR count). The maximum atomic E-state index is 12.6. The third-order valence-corrected chi connectivity index (χ3v) is 5.52. The van der Waals surface area contributed by atoms with E-state index in [9.17, 15) is 13.2 Å². The fourth-order valence-corrected chi connectivity index (χ4v) is 3.88. The highest BCUT2D eigenvalue weighted by Gasteiger charge is 2.35. The van der Waals surface area contributed by atoms with Crippen molar-refractivity contribution in [1.82, 2.24) is 5.32 Å². The highest BCUT2D eigenvalue weighted by atomic mass is 35.5. The van der Waals surface area contributed by atoms with Crippen molar-refractivity contribution in [3.05, 3.63) is 59.1 Å². The standard InChI is InChI=1S/C18H19ClN2O4S/c1-12(13-6-4-3-5-7-13)20-18(22)17-11-21(26(2,23)24)15-10-14(19)8-9-16(15)25-17/h3-10,12,17H,11H2,1-2H3,(H,20,22)/t12-,17-/m1/s1. The number of halogens is 1. The lowest BCUT2D eigenvalue weighted by Crippen LogP contribution is -2.50. The molecule has 8 heteroatoms. The molecule has 1 aliphatic heterocycles. The molecule has 1 amide bonds. The van der Waals surface area contributed by atoms with Crippen LogP contribution in [0.4, 0.5) is 5.69 Å². The van der Waals surface area contributed by atoms with E-state index in [1.807, 2.05) is 37.3 Å². The van der Waals surface area contributed by atoms with E-state index in [-0.39, 0.29) is 18.5 Å². The Morgan fingerprint density at radius 2 is 1.96 bits per heavy atom. The summed E-state index contributed by atoms with van der Waals surface area (Å²) in [5, 5.41) is 3.26. The Morgan fingerprint density at radius 1 is 1.27 bits per heavy atom. The fraction of sp³-hybridized carbons (Fsp3) is 0.278. The Morgan fingerprint density at radius 3 is 2.62 bits per heavy atom. The van der Waals surface area contributed by atoms with Crippen molar-refractivity contribution < 1.29 is 17.9 Å². The van der Waals surface area contributed by atoms with Crippen LogP contribution in [0.15, 0.2) is 48.5 Å². The van der Waals surface area contributed by atoms with Crippen LogP contribution in [0.3, 0.4) is 0 Å². The van der Waals surface area contributed by atoms with Crippen LogP contribution in [0.5, 0.6) is 5.75 Å². The summed E-state index contributed by atoms with van der Waals surface area (Å²) < 4.78 is 31.2. The molecule has 1 aliphatic rings. The molecule has 2 aromatic carbocycles. The minimum Gasteiger partial charge on any atom is -0.476 e. The minimum atomic E-state index is -3.59. The van der Waals surface area contributed by atoms with Crippen LogP contribution < -0.4 is 14.4 Å². The van der Waals surface area contributed by atoms with Gasteiger partial charge in [0.25, 0.3) is 5.91 Å². The second-order valence-corrected chi connectivity index (χ2v) is 8.50. The van der Waals surface area contributed by atoms with E-state index < -0.39 is 16.1 Å². The second kappa shape index (κ2) is 7.17. The number of amides is 1. The molecule has 2 atom stereocenters. The van der Waals surface area contributed by atoms with Gasteiger partial charge in [0.2, 0.25) is 10.0 Å². The van der Waals surface area contributed by atoms with Gasteiger partial charge in [-0.25, -0.2) is 8.42 Å². The molecule has 0 saturated carbocycles. The molecule has 0 radical (unpaired) electrons. The van der Waals surface area contributed by atoms with Gasteiger partial charge in [0.15, 0.2) is 6.10 Å². The van der Waals surface area contributed by atoms with Gasteiger partial charge in [0.05, 0.1) is 24.5 Å². The number of nitrogens with zero attached hydrogens (tertiary/aromatic N) is 1. The lowest BCUT2D eigenvalue weighted by atomic mass is 10.1. The summed E-state index contributed by atoms with van der Waals surface area (Å²) in [5.74, 6) is -0.0748. The summed E-state index contributed by atoms with van der Waals surface area (Å²) in [6, 6.07) is 13.9. The smallest absolute Gasteiger partial charge is 0.263 e. The van der Waals surface area contributed by atoms with Crippen molar-refractivity contribution in [1.29, 1.82) is 0 Å². The number of nitrogens with one attached hydrogen (secondary N) is 1. The second-order valence-electron chi connectivity index (χ2n) is 6.15. The lowest BCUT2D eigenvalue weighted by molar-refractivity contribution is -0.128. The highest BCUT2D eigenvalue weighted by molar-refractivity contribution is 7.92. The summed E-state index contributed by atoms with van der Waals surface area (Å²) in [7, 11) is -3.59. The van der Waals surface area contributed by atoms with E-state index in [1.165, 1.54) is 6.07 Å². The number of benzene rings is 2. The van der Waals surface area contributed by atoms with Gasteiger partial charge < -0.3 is 10.1 Å². The van der Waals surface area contributed by atoms with Crippen LogP contribution in [0.25, 0.3) is 0 Å². The number of hydrogen-bond donors (Lipinski definition) is 1. The first-order valence-corrected chi connectivity index (χ1v) is 10.3. The Kier molecular flexibility index (Phi) is 5.11. The van der Waals surface area contributed by atoms with Gasteiger partial charge in [0.1, 0.15) is 5.75 Å². The van der Waals surface area contributed by atoms with Crippen molar-refractivity contribution in [2.75, 3.05) is 17.1 Å². The van der Waals surface area contributed by atoms with E-state index in [0.717, 1.165) is 16.1 Å². The molecule has 1 N–H and O–H groups in total. The highest BCUT2D eigenvalue weighted by Crippen LogP contribution is 2.37.